The van der Waals surface area contributed by atoms with Crippen molar-refractivity contribution in [3.05, 3.63) is 93.5 Å². The van der Waals surface area contributed by atoms with Crippen molar-refractivity contribution in [2.75, 3.05) is 13.7 Å². The Labute approximate surface area is 206 Å². The smallest absolute Gasteiger partial charge is 0.264 e. The third kappa shape index (κ3) is 5.59. The topological polar surface area (TPSA) is 98.1 Å². The van der Waals surface area contributed by atoms with Gasteiger partial charge < -0.3 is 19.3 Å². The molecule has 178 valence electrons. The molecule has 4 aromatic rings. The number of hydrogen-bond donors (Lipinski definition) is 2. The minimum atomic E-state index is -0.545. The molecular weight excluding hydrogens is 466 g/mol. The predicted molar refractivity (Wildman–Crippen MR) is 137 cm³/mol. The van der Waals surface area contributed by atoms with Gasteiger partial charge in [0.1, 0.15) is 28.6 Å². The fraction of sp³-hybridized carbons (Fsp3) is 0.115. The molecule has 4 rings (SSSR count). The summed E-state index contributed by atoms with van der Waals surface area (Å²) in [6.07, 6.45) is 1.30. The lowest BCUT2D eigenvalue weighted by molar-refractivity contribution is 0.340. The zero-order chi connectivity index (χ0) is 24.8. The second-order valence-corrected chi connectivity index (χ2v) is 7.68. The summed E-state index contributed by atoms with van der Waals surface area (Å²) < 4.78 is 17.9. The number of ether oxygens (including phenoxy) is 3. The molecule has 0 unspecified atom stereocenters. The van der Waals surface area contributed by atoms with Gasteiger partial charge in [0.15, 0.2) is 4.77 Å². The number of benzene rings is 3. The number of rotatable bonds is 8. The molecule has 0 saturated heterocycles. The van der Waals surface area contributed by atoms with Crippen molar-refractivity contribution in [3.63, 3.8) is 0 Å². The number of aromatic amines is 1. The van der Waals surface area contributed by atoms with Crippen LogP contribution in [0.15, 0.2) is 82.6 Å². The first-order valence-corrected chi connectivity index (χ1v) is 11.2. The summed E-state index contributed by atoms with van der Waals surface area (Å²) in [5.41, 5.74) is 0.568. The van der Waals surface area contributed by atoms with E-state index in [9.17, 15) is 9.90 Å². The highest BCUT2D eigenvalue weighted by Gasteiger charge is 2.13. The first kappa shape index (κ1) is 23.8. The molecule has 9 heteroatoms. The van der Waals surface area contributed by atoms with E-state index in [4.69, 9.17) is 26.4 Å². The van der Waals surface area contributed by atoms with E-state index in [-0.39, 0.29) is 16.2 Å². The van der Waals surface area contributed by atoms with Crippen LogP contribution in [0.25, 0.3) is 5.69 Å². The van der Waals surface area contributed by atoms with Crippen LogP contribution in [-0.4, -0.2) is 34.6 Å². The van der Waals surface area contributed by atoms with Crippen LogP contribution in [0, 0.1) is 4.77 Å². The Morgan fingerprint density at radius 3 is 2.37 bits per heavy atom. The average Bonchev–Trinajstić information content (AvgIpc) is 2.86. The van der Waals surface area contributed by atoms with E-state index in [1.54, 1.807) is 61.7 Å². The Morgan fingerprint density at radius 2 is 1.69 bits per heavy atom. The van der Waals surface area contributed by atoms with E-state index in [1.807, 2.05) is 25.1 Å². The Morgan fingerprint density at radius 1 is 1.00 bits per heavy atom. The molecule has 0 bridgehead atoms. The van der Waals surface area contributed by atoms with Crippen LogP contribution in [0.5, 0.6) is 28.9 Å². The lowest BCUT2D eigenvalue weighted by Crippen LogP contribution is -2.18. The average molecular weight is 490 g/mol. The van der Waals surface area contributed by atoms with Gasteiger partial charge in [-0.05, 0) is 79.8 Å². The Hall–Kier alpha value is -4.37. The summed E-state index contributed by atoms with van der Waals surface area (Å²) >= 11 is 5.26. The molecule has 0 amide bonds. The molecule has 1 heterocycles. The van der Waals surface area contributed by atoms with E-state index in [0.717, 1.165) is 0 Å². The summed E-state index contributed by atoms with van der Waals surface area (Å²) in [6, 6.07) is 21.2. The zero-order valence-corrected chi connectivity index (χ0v) is 19.9. The fourth-order valence-electron chi connectivity index (χ4n) is 3.29. The van der Waals surface area contributed by atoms with Crippen LogP contribution < -0.4 is 19.8 Å². The highest BCUT2D eigenvalue weighted by atomic mass is 32.1. The second-order valence-electron chi connectivity index (χ2n) is 7.29. The van der Waals surface area contributed by atoms with E-state index >= 15 is 0 Å². The van der Waals surface area contributed by atoms with E-state index < -0.39 is 5.56 Å². The van der Waals surface area contributed by atoms with Crippen LogP contribution in [0.3, 0.4) is 0 Å². The van der Waals surface area contributed by atoms with Crippen molar-refractivity contribution < 1.29 is 19.3 Å². The van der Waals surface area contributed by atoms with Crippen LogP contribution in [0.2, 0.25) is 0 Å². The summed E-state index contributed by atoms with van der Waals surface area (Å²) in [4.78, 5) is 19.4. The SMILES string of the molecule is CCOc1ccc(-n2c(O)c(C=Nc3ccc(Oc4cccc(OC)c4)cc3)c(=O)[nH]c2=S)cc1. The molecule has 3 aromatic carbocycles. The van der Waals surface area contributed by atoms with E-state index in [0.29, 0.717) is 41.0 Å². The summed E-state index contributed by atoms with van der Waals surface area (Å²) in [5, 5.41) is 10.8. The number of hydrogen-bond acceptors (Lipinski definition) is 7. The Balaban J connectivity index is 1.57. The van der Waals surface area contributed by atoms with Gasteiger partial charge in [-0.15, -0.1) is 0 Å². The van der Waals surface area contributed by atoms with Gasteiger partial charge in [-0.1, -0.05) is 6.07 Å². The molecule has 2 N–H and O–H groups in total. The molecule has 0 aliphatic heterocycles. The maximum atomic E-state index is 12.5. The fourth-order valence-corrected chi connectivity index (χ4v) is 3.58. The van der Waals surface area contributed by atoms with Gasteiger partial charge in [-0.2, -0.15) is 0 Å². The van der Waals surface area contributed by atoms with Crippen LogP contribution in [0.1, 0.15) is 12.5 Å². The first-order chi connectivity index (χ1) is 17.0. The number of nitrogens with zero attached hydrogens (tertiary/aromatic N) is 2. The monoisotopic (exact) mass is 489 g/mol. The minimum Gasteiger partial charge on any atom is -0.497 e. The number of H-pyrrole nitrogens is 1. The van der Waals surface area contributed by atoms with Gasteiger partial charge in [-0.25, -0.2) is 0 Å². The van der Waals surface area contributed by atoms with Gasteiger partial charge in [0.25, 0.3) is 5.56 Å². The highest BCUT2D eigenvalue weighted by Crippen LogP contribution is 2.27. The Kier molecular flexibility index (Phi) is 7.27. The van der Waals surface area contributed by atoms with Crippen molar-refractivity contribution in [3.8, 4) is 34.6 Å². The quantitative estimate of drug-likeness (QED) is 0.249. The minimum absolute atomic E-state index is 0.0239. The van der Waals surface area contributed by atoms with Crippen molar-refractivity contribution >= 4 is 24.1 Å². The van der Waals surface area contributed by atoms with Crippen LogP contribution in [0.4, 0.5) is 5.69 Å². The van der Waals surface area contributed by atoms with Gasteiger partial charge in [0.05, 0.1) is 25.1 Å². The molecule has 35 heavy (non-hydrogen) atoms. The lowest BCUT2D eigenvalue weighted by Gasteiger charge is -2.12. The molecule has 0 aliphatic rings. The third-order valence-electron chi connectivity index (χ3n) is 4.98. The number of aromatic hydroxyl groups is 1. The molecule has 0 fully saturated rings. The summed E-state index contributed by atoms with van der Waals surface area (Å²) in [7, 11) is 1.59. The molecule has 8 nitrogen and oxygen atoms in total. The number of aromatic nitrogens is 2. The van der Waals surface area contributed by atoms with E-state index in [1.165, 1.54) is 10.8 Å². The largest absolute Gasteiger partial charge is 0.497 e. The maximum absolute atomic E-state index is 12.5. The van der Waals surface area contributed by atoms with Gasteiger partial charge >= 0.3 is 0 Å². The van der Waals surface area contributed by atoms with Crippen molar-refractivity contribution in [1.29, 1.82) is 0 Å². The van der Waals surface area contributed by atoms with Crippen molar-refractivity contribution in [2.24, 2.45) is 4.99 Å². The van der Waals surface area contributed by atoms with Gasteiger partial charge in [0, 0.05) is 12.3 Å². The molecule has 0 aliphatic carbocycles. The highest BCUT2D eigenvalue weighted by molar-refractivity contribution is 7.71. The van der Waals surface area contributed by atoms with Crippen molar-refractivity contribution in [2.45, 2.75) is 6.92 Å². The Bertz CT molecular complexity index is 1460. The standard InChI is InChI=1S/C26H23N3O5S/c1-3-33-19-13-9-18(10-14-19)29-25(31)23(24(30)28-26(29)35)16-27-17-7-11-20(12-8-17)34-22-6-4-5-21(15-22)32-2/h4-16,31H,3H2,1-2H3,(H,28,30,35). The second kappa shape index (κ2) is 10.7. The van der Waals surface area contributed by atoms with Crippen LogP contribution >= 0.6 is 12.2 Å². The van der Waals surface area contributed by atoms with Crippen LogP contribution in [-0.2, 0) is 0 Å². The molecule has 0 spiro atoms. The molecule has 0 radical (unpaired) electrons. The number of methoxy groups -OCH3 is 1. The first-order valence-electron chi connectivity index (χ1n) is 10.8. The van der Waals surface area contributed by atoms with Gasteiger partial charge in [0.2, 0.25) is 5.88 Å². The normalized spacial score (nSPS) is 10.9. The number of nitrogens with one attached hydrogen (secondary N) is 1. The third-order valence-corrected chi connectivity index (χ3v) is 5.27. The van der Waals surface area contributed by atoms with Gasteiger partial charge in [-0.3, -0.25) is 19.3 Å². The van der Waals surface area contributed by atoms with E-state index in [2.05, 4.69) is 9.98 Å². The maximum Gasteiger partial charge on any atom is 0.264 e. The summed E-state index contributed by atoms with van der Waals surface area (Å²) in [5.74, 6) is 2.32. The lowest BCUT2D eigenvalue weighted by atomic mass is 10.2. The molecular formula is C26H23N3O5S. The predicted octanol–water partition coefficient (Wildman–Crippen LogP) is 5.55. The number of aliphatic imine (C=N–C) groups is 1. The summed E-state index contributed by atoms with van der Waals surface area (Å²) in [6.45, 7) is 2.43. The van der Waals surface area contributed by atoms with Crippen molar-refractivity contribution in [1.82, 2.24) is 9.55 Å². The molecule has 0 saturated carbocycles. The molecule has 1 aromatic heterocycles. The zero-order valence-electron chi connectivity index (χ0n) is 19.1. The molecule has 0 atom stereocenters.